The summed E-state index contributed by atoms with van der Waals surface area (Å²) in [5, 5.41) is 2.18. The van der Waals surface area contributed by atoms with Crippen molar-refractivity contribution in [2.24, 2.45) is 0 Å². The van der Waals surface area contributed by atoms with Crippen LogP contribution in [0.1, 0.15) is 44.5 Å². The van der Waals surface area contributed by atoms with Crippen LogP contribution >= 0.6 is 0 Å². The number of hydrogen-bond donors (Lipinski definition) is 0. The van der Waals surface area contributed by atoms with Crippen molar-refractivity contribution in [1.29, 1.82) is 0 Å². The van der Waals surface area contributed by atoms with Crippen molar-refractivity contribution in [1.82, 2.24) is 0 Å². The van der Waals surface area contributed by atoms with E-state index in [-0.39, 0.29) is 0 Å². The molecule has 0 fully saturated rings. The van der Waals surface area contributed by atoms with E-state index in [1.165, 1.54) is 66.8 Å². The van der Waals surface area contributed by atoms with Crippen molar-refractivity contribution in [3.05, 3.63) is 342 Å². The van der Waals surface area contributed by atoms with Gasteiger partial charge in [-0.2, -0.15) is 0 Å². The minimum absolute atomic E-state index is 0.461. The third-order valence-electron chi connectivity index (χ3n) is 16.4. The number of fused-ring (bicyclic) bond motifs is 9. The summed E-state index contributed by atoms with van der Waals surface area (Å²) in [6, 6.07) is 109. The molecular formula is C74H49NO. The first-order valence-electron chi connectivity index (χ1n) is 26.3. The summed E-state index contributed by atoms with van der Waals surface area (Å²) in [5.41, 5.74) is 23.7. The lowest BCUT2D eigenvalue weighted by Gasteiger charge is -2.34. The Hall–Kier alpha value is -9.76. The summed E-state index contributed by atoms with van der Waals surface area (Å²) >= 11 is 0. The van der Waals surface area contributed by atoms with E-state index in [0.29, 0.717) is 0 Å². The fourth-order valence-corrected chi connectivity index (χ4v) is 13.2. The molecule has 0 bridgehead atoms. The van der Waals surface area contributed by atoms with Gasteiger partial charge in [-0.05, 0) is 138 Å². The molecule has 2 aliphatic carbocycles. The van der Waals surface area contributed by atoms with Crippen LogP contribution in [-0.4, -0.2) is 0 Å². The van der Waals surface area contributed by atoms with E-state index < -0.39 is 10.8 Å². The molecule has 0 saturated carbocycles. The summed E-state index contributed by atoms with van der Waals surface area (Å²) in [5.74, 6) is 0. The molecule has 0 spiro atoms. The highest BCUT2D eigenvalue weighted by Gasteiger charge is 2.47. The molecule has 2 aliphatic rings. The van der Waals surface area contributed by atoms with Crippen molar-refractivity contribution in [2.45, 2.75) is 10.8 Å². The molecule has 2 heteroatoms. The van der Waals surface area contributed by atoms with Gasteiger partial charge in [0.15, 0.2) is 5.58 Å². The SMILES string of the molecule is c1ccc(C2(c3ccccc3)c3ccccc3-c3cc(-c4cccc(N(c5cccc(-c6ccc7c(c6)-c6ccccc6C7(c6ccccc6)c6ccccc6)c5)c5cccc6c5oc5ccccc56)c4)ccc32)cc1. The highest BCUT2D eigenvalue weighted by atomic mass is 16.3. The molecule has 0 atom stereocenters. The van der Waals surface area contributed by atoms with E-state index in [9.17, 15) is 0 Å². The second kappa shape index (κ2) is 17.4. The zero-order valence-corrected chi connectivity index (χ0v) is 41.6. The van der Waals surface area contributed by atoms with E-state index in [0.717, 1.165) is 61.3 Å². The molecule has 1 aromatic heterocycles. The van der Waals surface area contributed by atoms with Crippen molar-refractivity contribution in [3.63, 3.8) is 0 Å². The van der Waals surface area contributed by atoms with E-state index in [1.54, 1.807) is 0 Å². The van der Waals surface area contributed by atoms with Crippen molar-refractivity contribution < 1.29 is 4.42 Å². The van der Waals surface area contributed by atoms with Gasteiger partial charge in [-0.3, -0.25) is 0 Å². The summed E-state index contributed by atoms with van der Waals surface area (Å²) in [6.07, 6.45) is 0. The van der Waals surface area contributed by atoms with Crippen LogP contribution in [0.25, 0.3) is 66.4 Å². The summed E-state index contributed by atoms with van der Waals surface area (Å²) < 4.78 is 6.85. The van der Waals surface area contributed by atoms with E-state index in [4.69, 9.17) is 4.42 Å². The minimum atomic E-state index is -0.461. The number of furan rings is 1. The Morgan fingerprint density at radius 3 is 1.13 bits per heavy atom. The zero-order chi connectivity index (χ0) is 50.2. The molecule has 76 heavy (non-hydrogen) atoms. The maximum absolute atomic E-state index is 6.85. The van der Waals surface area contributed by atoms with Gasteiger partial charge < -0.3 is 9.32 Å². The molecule has 2 nitrogen and oxygen atoms in total. The van der Waals surface area contributed by atoms with Crippen LogP contribution in [-0.2, 0) is 10.8 Å². The van der Waals surface area contributed by atoms with Crippen molar-refractivity contribution >= 4 is 39.0 Å². The van der Waals surface area contributed by atoms with Crippen LogP contribution in [0, 0.1) is 0 Å². The Morgan fingerprint density at radius 2 is 0.645 bits per heavy atom. The van der Waals surface area contributed by atoms with Crippen LogP contribution in [0.15, 0.2) is 302 Å². The van der Waals surface area contributed by atoms with Crippen LogP contribution in [0.3, 0.4) is 0 Å². The molecule has 0 unspecified atom stereocenters. The third kappa shape index (κ3) is 6.47. The molecular weight excluding hydrogens is 919 g/mol. The quantitative estimate of drug-likeness (QED) is 0.143. The van der Waals surface area contributed by atoms with Gasteiger partial charge in [-0.15, -0.1) is 0 Å². The Labute approximate surface area is 443 Å². The predicted molar refractivity (Wildman–Crippen MR) is 314 cm³/mol. The Balaban J connectivity index is 0.892. The van der Waals surface area contributed by atoms with E-state index in [2.05, 4.69) is 296 Å². The lowest BCUT2D eigenvalue weighted by molar-refractivity contribution is 0.669. The molecule has 12 aromatic carbocycles. The van der Waals surface area contributed by atoms with Gasteiger partial charge in [-0.1, -0.05) is 249 Å². The minimum Gasteiger partial charge on any atom is -0.454 e. The number of benzene rings is 12. The summed E-state index contributed by atoms with van der Waals surface area (Å²) in [4.78, 5) is 2.38. The van der Waals surface area contributed by atoms with Crippen LogP contribution < -0.4 is 4.90 Å². The monoisotopic (exact) mass is 967 g/mol. The highest BCUT2D eigenvalue weighted by Crippen LogP contribution is 2.58. The Morgan fingerprint density at radius 1 is 0.263 bits per heavy atom. The van der Waals surface area contributed by atoms with E-state index >= 15 is 0 Å². The van der Waals surface area contributed by atoms with Gasteiger partial charge in [-0.25, -0.2) is 0 Å². The number of para-hydroxylation sites is 2. The molecule has 13 aromatic rings. The largest absolute Gasteiger partial charge is 0.454 e. The van der Waals surface area contributed by atoms with Gasteiger partial charge in [0.1, 0.15) is 5.58 Å². The first-order chi connectivity index (χ1) is 37.7. The first-order valence-corrected chi connectivity index (χ1v) is 26.3. The first kappa shape index (κ1) is 43.8. The molecule has 0 amide bonds. The topological polar surface area (TPSA) is 16.4 Å². The molecule has 1 heterocycles. The standard InChI is InChI=1S/C74H49NO/c1-5-24-54(25-6-1)73(55-26-7-2-8-27-55)66-38-16-13-34-60(66)64-48-52(42-44-68(64)73)50-22-19-32-58(46-50)75(70-40-21-37-63-62-36-15-18-41-71(62)76-72(63)70)59-33-20-23-51(47-59)53-43-45-69-65(49-53)61-35-14-17-39-67(61)74(69,56-28-9-3-10-29-56)57-30-11-4-12-31-57/h1-49H. The van der Waals surface area contributed by atoms with Crippen molar-refractivity contribution in [3.8, 4) is 44.5 Å². The fourth-order valence-electron chi connectivity index (χ4n) is 13.2. The molecule has 0 N–H and O–H groups in total. The van der Waals surface area contributed by atoms with Gasteiger partial charge in [0.2, 0.25) is 0 Å². The maximum Gasteiger partial charge on any atom is 0.159 e. The zero-order valence-electron chi connectivity index (χ0n) is 41.6. The molecule has 0 radical (unpaired) electrons. The number of anilines is 3. The Bertz CT molecular complexity index is 4040. The number of rotatable bonds is 9. The lowest BCUT2D eigenvalue weighted by atomic mass is 9.67. The van der Waals surface area contributed by atoms with Gasteiger partial charge >= 0.3 is 0 Å². The summed E-state index contributed by atoms with van der Waals surface area (Å²) in [7, 11) is 0. The van der Waals surface area contributed by atoms with Gasteiger partial charge in [0, 0.05) is 22.1 Å². The van der Waals surface area contributed by atoms with Crippen LogP contribution in [0.4, 0.5) is 17.1 Å². The molecule has 15 rings (SSSR count). The highest BCUT2D eigenvalue weighted by molar-refractivity contribution is 6.10. The predicted octanol–water partition coefficient (Wildman–Crippen LogP) is 19.1. The van der Waals surface area contributed by atoms with Crippen molar-refractivity contribution in [2.75, 3.05) is 4.90 Å². The number of hydrogen-bond acceptors (Lipinski definition) is 2. The second-order valence-corrected chi connectivity index (χ2v) is 20.3. The average molecular weight is 968 g/mol. The van der Waals surface area contributed by atoms with Gasteiger partial charge in [0.05, 0.1) is 16.5 Å². The second-order valence-electron chi connectivity index (χ2n) is 20.3. The van der Waals surface area contributed by atoms with Crippen LogP contribution in [0.5, 0.6) is 0 Å². The molecule has 0 aliphatic heterocycles. The summed E-state index contributed by atoms with van der Waals surface area (Å²) in [6.45, 7) is 0. The fraction of sp³-hybridized carbons (Fsp3) is 0.0270. The normalized spacial score (nSPS) is 13.5. The average Bonchev–Trinajstić information content (AvgIpc) is 4.31. The van der Waals surface area contributed by atoms with E-state index in [1.807, 2.05) is 6.07 Å². The Kier molecular flexibility index (Phi) is 10.0. The maximum atomic E-state index is 6.85. The number of nitrogens with zero attached hydrogens (tertiary/aromatic N) is 1. The molecule has 356 valence electrons. The molecule has 0 saturated heterocycles. The smallest absolute Gasteiger partial charge is 0.159 e. The lowest BCUT2D eigenvalue weighted by Crippen LogP contribution is -2.28. The third-order valence-corrected chi connectivity index (χ3v) is 16.4. The van der Waals surface area contributed by atoms with Crippen LogP contribution in [0.2, 0.25) is 0 Å². The van der Waals surface area contributed by atoms with Gasteiger partial charge in [0.25, 0.3) is 0 Å².